The Bertz CT molecular complexity index is 1350. The Morgan fingerprint density at radius 1 is 1.17 bits per heavy atom. The van der Waals surface area contributed by atoms with Crippen LogP contribution in [0.25, 0.3) is 17.3 Å². The van der Waals surface area contributed by atoms with Crippen molar-refractivity contribution >= 4 is 35.3 Å². The molecule has 1 aliphatic rings. The van der Waals surface area contributed by atoms with Crippen LogP contribution in [0.2, 0.25) is 0 Å². The Labute approximate surface area is 173 Å². The number of fused-ring (bicyclic) bond motifs is 1. The van der Waals surface area contributed by atoms with Crippen LogP contribution in [0.15, 0.2) is 58.3 Å². The summed E-state index contributed by atoms with van der Waals surface area (Å²) in [6, 6.07) is 11.6. The van der Waals surface area contributed by atoms with Crippen LogP contribution in [0, 0.1) is 4.77 Å². The van der Waals surface area contributed by atoms with Gasteiger partial charge in [0.2, 0.25) is 5.88 Å². The number of aromatic hydroxyl groups is 1. The molecule has 5 nitrogen and oxygen atoms in total. The lowest BCUT2D eigenvalue weighted by atomic mass is 10.0. The molecule has 0 aliphatic carbocycles. The molecule has 2 N–H and O–H groups in total. The van der Waals surface area contributed by atoms with Crippen LogP contribution in [0.4, 0.5) is 18.9 Å². The number of aromatic nitrogens is 2. The van der Waals surface area contributed by atoms with Crippen molar-refractivity contribution in [2.45, 2.75) is 13.1 Å². The second-order valence-electron chi connectivity index (χ2n) is 6.65. The average molecular weight is 429 g/mol. The van der Waals surface area contributed by atoms with E-state index < -0.39 is 23.2 Å². The second-order valence-corrected chi connectivity index (χ2v) is 7.04. The second kappa shape index (κ2) is 7.10. The van der Waals surface area contributed by atoms with Gasteiger partial charge in [0.15, 0.2) is 4.77 Å². The maximum Gasteiger partial charge on any atom is 0.416 e. The monoisotopic (exact) mass is 429 g/mol. The van der Waals surface area contributed by atoms with Crippen LogP contribution in [0.1, 0.15) is 23.6 Å². The summed E-state index contributed by atoms with van der Waals surface area (Å²) in [6.07, 6.45) is -3.11. The van der Waals surface area contributed by atoms with E-state index in [-0.39, 0.29) is 16.0 Å². The lowest BCUT2D eigenvalue weighted by Gasteiger charge is -2.14. The summed E-state index contributed by atoms with van der Waals surface area (Å²) in [5, 5.41) is 10.8. The zero-order valence-electron chi connectivity index (χ0n) is 15.5. The van der Waals surface area contributed by atoms with Gasteiger partial charge in [-0.05, 0) is 49.5 Å². The Balaban J connectivity index is 1.93. The summed E-state index contributed by atoms with van der Waals surface area (Å²) >= 11 is 5.10. The number of H-pyrrole nitrogens is 1. The molecule has 0 saturated carbocycles. The van der Waals surface area contributed by atoms with Gasteiger partial charge < -0.3 is 5.11 Å². The Morgan fingerprint density at radius 2 is 1.90 bits per heavy atom. The maximum atomic E-state index is 13.1. The number of halogens is 3. The van der Waals surface area contributed by atoms with Crippen molar-refractivity contribution < 1.29 is 18.3 Å². The molecule has 0 fully saturated rings. The highest BCUT2D eigenvalue weighted by Crippen LogP contribution is 2.36. The number of hydrogen-bond donors (Lipinski definition) is 2. The van der Waals surface area contributed by atoms with E-state index >= 15 is 0 Å². The summed E-state index contributed by atoms with van der Waals surface area (Å²) in [7, 11) is 0. The molecule has 30 heavy (non-hydrogen) atoms. The SMILES string of the molecule is CC1=Nc2ccccc2/C1=C\c1c(O)n(-c2cccc(C(F)(F)F)c2)c(=S)[nH]c1=O. The first-order valence-electron chi connectivity index (χ1n) is 8.79. The van der Waals surface area contributed by atoms with Gasteiger partial charge >= 0.3 is 6.18 Å². The maximum absolute atomic E-state index is 13.1. The van der Waals surface area contributed by atoms with Gasteiger partial charge in [-0.25, -0.2) is 0 Å². The highest BCUT2D eigenvalue weighted by atomic mass is 32.1. The molecule has 0 radical (unpaired) electrons. The normalized spacial score (nSPS) is 14.7. The third-order valence-corrected chi connectivity index (χ3v) is 5.00. The highest BCUT2D eigenvalue weighted by molar-refractivity contribution is 7.71. The quantitative estimate of drug-likeness (QED) is 0.546. The standard InChI is InChI=1S/C21H14F3N3O2S/c1-11-15(14-7-2-3-8-17(14)25-11)10-16-18(28)26-20(30)27(19(16)29)13-6-4-5-12(9-13)21(22,23)24/h2-10,29H,1H3,(H,26,28,30)/b15-10-. The number of alkyl halides is 3. The van der Waals surface area contributed by atoms with Crippen molar-refractivity contribution in [1.29, 1.82) is 0 Å². The van der Waals surface area contributed by atoms with E-state index in [4.69, 9.17) is 12.2 Å². The molecule has 0 spiro atoms. The fourth-order valence-electron chi connectivity index (χ4n) is 3.29. The van der Waals surface area contributed by atoms with Crippen molar-refractivity contribution in [3.63, 3.8) is 0 Å². The molecule has 0 unspecified atom stereocenters. The Morgan fingerprint density at radius 3 is 2.63 bits per heavy atom. The van der Waals surface area contributed by atoms with Crippen molar-refractivity contribution in [2.24, 2.45) is 4.99 Å². The summed E-state index contributed by atoms with van der Waals surface area (Å²) in [5.74, 6) is -0.562. The molecule has 3 aromatic rings. The van der Waals surface area contributed by atoms with Gasteiger partial charge in [0, 0.05) is 16.8 Å². The number of benzene rings is 2. The van der Waals surface area contributed by atoms with Crippen LogP contribution in [-0.2, 0) is 6.18 Å². The third kappa shape index (κ3) is 3.37. The van der Waals surface area contributed by atoms with E-state index in [0.717, 1.165) is 28.0 Å². The average Bonchev–Trinajstić information content (AvgIpc) is 2.99. The molecule has 1 aromatic heterocycles. The van der Waals surface area contributed by atoms with Crippen LogP contribution in [-0.4, -0.2) is 20.4 Å². The van der Waals surface area contributed by atoms with Gasteiger partial charge in [0.25, 0.3) is 5.56 Å². The number of allylic oxidation sites excluding steroid dienone is 1. The van der Waals surface area contributed by atoms with E-state index in [2.05, 4.69) is 9.98 Å². The zero-order chi connectivity index (χ0) is 21.6. The first-order valence-corrected chi connectivity index (χ1v) is 9.20. The van der Waals surface area contributed by atoms with E-state index in [1.165, 1.54) is 18.2 Å². The fraction of sp³-hybridized carbons (Fsp3) is 0.0952. The molecule has 0 bridgehead atoms. The Kier molecular flexibility index (Phi) is 4.70. The summed E-state index contributed by atoms with van der Waals surface area (Å²) in [6.45, 7) is 1.76. The Hall–Kier alpha value is -3.46. The van der Waals surface area contributed by atoms with Gasteiger partial charge in [-0.2, -0.15) is 13.2 Å². The number of aromatic amines is 1. The molecule has 2 aromatic carbocycles. The third-order valence-electron chi connectivity index (χ3n) is 4.71. The fourth-order valence-corrected chi connectivity index (χ4v) is 3.58. The zero-order valence-corrected chi connectivity index (χ0v) is 16.3. The number of hydrogen-bond acceptors (Lipinski definition) is 4. The molecular weight excluding hydrogens is 415 g/mol. The van der Waals surface area contributed by atoms with Crippen LogP contribution >= 0.6 is 12.2 Å². The predicted octanol–water partition coefficient (Wildman–Crippen LogP) is 5.27. The van der Waals surface area contributed by atoms with Crippen molar-refractivity contribution in [3.8, 4) is 11.6 Å². The summed E-state index contributed by atoms with van der Waals surface area (Å²) < 4.78 is 40.1. The molecule has 1 aliphatic heterocycles. The first-order chi connectivity index (χ1) is 14.2. The first kappa shape index (κ1) is 19.8. The number of nitrogens with one attached hydrogen (secondary N) is 1. The van der Waals surface area contributed by atoms with Gasteiger partial charge in [0.05, 0.1) is 16.9 Å². The van der Waals surface area contributed by atoms with Gasteiger partial charge in [-0.1, -0.05) is 24.3 Å². The molecule has 0 atom stereocenters. The molecule has 9 heteroatoms. The predicted molar refractivity (Wildman–Crippen MR) is 111 cm³/mol. The number of nitrogens with zero attached hydrogens (tertiary/aromatic N) is 2. The van der Waals surface area contributed by atoms with Crippen molar-refractivity contribution in [3.05, 3.63) is 80.3 Å². The van der Waals surface area contributed by atoms with Crippen molar-refractivity contribution in [1.82, 2.24) is 9.55 Å². The molecule has 2 heterocycles. The highest BCUT2D eigenvalue weighted by Gasteiger charge is 2.31. The minimum atomic E-state index is -4.57. The van der Waals surface area contributed by atoms with Gasteiger partial charge in [0.1, 0.15) is 5.56 Å². The van der Waals surface area contributed by atoms with Crippen LogP contribution < -0.4 is 5.56 Å². The molecule has 4 rings (SSSR count). The van der Waals surface area contributed by atoms with Crippen LogP contribution in [0.5, 0.6) is 5.88 Å². The lowest BCUT2D eigenvalue weighted by Crippen LogP contribution is -2.16. The minimum absolute atomic E-state index is 0.0274. The number of rotatable bonds is 2. The molecule has 152 valence electrons. The van der Waals surface area contributed by atoms with Gasteiger partial charge in [-0.15, -0.1) is 0 Å². The lowest BCUT2D eigenvalue weighted by molar-refractivity contribution is -0.137. The smallest absolute Gasteiger partial charge is 0.416 e. The van der Waals surface area contributed by atoms with E-state index in [9.17, 15) is 23.1 Å². The number of aliphatic imine (C=N–C) groups is 1. The van der Waals surface area contributed by atoms with E-state index in [1.54, 1.807) is 6.92 Å². The summed E-state index contributed by atoms with van der Waals surface area (Å²) in [5.41, 5.74) is 1.04. The topological polar surface area (TPSA) is 70.4 Å². The number of para-hydroxylation sites is 1. The van der Waals surface area contributed by atoms with E-state index in [1.807, 2.05) is 24.3 Å². The molecular formula is C21H14F3N3O2S. The molecule has 0 saturated heterocycles. The van der Waals surface area contributed by atoms with E-state index in [0.29, 0.717) is 11.3 Å². The minimum Gasteiger partial charge on any atom is -0.494 e. The summed E-state index contributed by atoms with van der Waals surface area (Å²) in [4.78, 5) is 19.4. The van der Waals surface area contributed by atoms with Gasteiger partial charge in [-0.3, -0.25) is 19.3 Å². The molecule has 0 amide bonds. The van der Waals surface area contributed by atoms with Crippen molar-refractivity contribution in [2.75, 3.05) is 0 Å². The largest absolute Gasteiger partial charge is 0.494 e. The van der Waals surface area contributed by atoms with Crippen LogP contribution in [0.3, 0.4) is 0 Å².